The highest BCUT2D eigenvalue weighted by Gasteiger charge is 2.53. The number of rotatable bonds is 10. The number of piperidine rings is 1. The Labute approximate surface area is 234 Å². The minimum atomic E-state index is -3.57. The van der Waals surface area contributed by atoms with E-state index in [-0.39, 0.29) is 24.8 Å². The quantitative estimate of drug-likeness (QED) is 0.370. The number of hydrogen-bond donors (Lipinski definition) is 2. The highest BCUT2D eigenvalue weighted by atomic mass is 35.5. The monoisotopic (exact) mass is 580 g/mol. The van der Waals surface area contributed by atoms with Gasteiger partial charge in [-0.1, -0.05) is 61.3 Å². The van der Waals surface area contributed by atoms with Gasteiger partial charge in [-0.15, -0.1) is 0 Å². The number of sulfonamides is 1. The number of nitrogens with zero attached hydrogens (tertiary/aromatic N) is 1. The van der Waals surface area contributed by atoms with E-state index < -0.39 is 38.2 Å². The Morgan fingerprint density at radius 2 is 1.76 bits per heavy atom. The molecule has 2 fully saturated rings. The molecule has 0 bridgehead atoms. The van der Waals surface area contributed by atoms with E-state index in [0.29, 0.717) is 35.7 Å². The Balaban J connectivity index is 1.83. The molecule has 2 aromatic carbocycles. The van der Waals surface area contributed by atoms with E-state index in [1.807, 2.05) is 37.3 Å². The van der Waals surface area contributed by atoms with Gasteiger partial charge in [-0.05, 0) is 68.0 Å². The molecule has 10 heteroatoms. The second kappa shape index (κ2) is 10.8. The molecule has 4 rings (SSSR count). The Morgan fingerprint density at radius 3 is 2.32 bits per heavy atom. The third-order valence-corrected chi connectivity index (χ3v) is 10.8. The largest absolute Gasteiger partial charge is 0.481 e. The number of carboxylic acid groups (broad SMARTS) is 1. The Kier molecular flexibility index (Phi) is 8.20. The SMILES string of the molecule is CCC(CNS(=O)(=O)C1(C)CC1)N1C(=O)[C@@](C)(CC(=O)O)C[C@H](c2cccc(Cl)c2)[C@H]1c1ccc(Cl)cc1. The van der Waals surface area contributed by atoms with E-state index in [2.05, 4.69) is 4.72 Å². The Hall–Kier alpha value is -2.13. The lowest BCUT2D eigenvalue weighted by molar-refractivity contribution is -0.160. The Morgan fingerprint density at radius 1 is 1.11 bits per heavy atom. The van der Waals surface area contributed by atoms with E-state index in [0.717, 1.165) is 11.1 Å². The maximum Gasteiger partial charge on any atom is 0.304 e. The van der Waals surface area contributed by atoms with Gasteiger partial charge in [-0.3, -0.25) is 9.59 Å². The van der Waals surface area contributed by atoms with Crippen LogP contribution in [0.25, 0.3) is 0 Å². The maximum absolute atomic E-state index is 14.2. The normalized spacial score (nSPS) is 25.7. The van der Waals surface area contributed by atoms with E-state index in [1.165, 1.54) is 0 Å². The summed E-state index contributed by atoms with van der Waals surface area (Å²) in [5.74, 6) is -1.66. The zero-order valence-corrected chi connectivity index (χ0v) is 24.1. The predicted molar refractivity (Wildman–Crippen MR) is 149 cm³/mol. The minimum absolute atomic E-state index is 0.0374. The molecular weight excluding hydrogens is 547 g/mol. The standard InChI is InChI=1S/C28H34Cl2N2O5S/c1-4-22(17-31-38(36,37)28(3)12-13-28)32-25(18-8-10-20(29)11-9-18)23(19-6-5-7-21(30)14-19)15-27(2,26(32)35)16-24(33)34/h5-11,14,22-23,25,31H,4,12-13,15-17H2,1-3H3,(H,33,34)/t22?,23-,25-,27-/m1/s1. The summed E-state index contributed by atoms with van der Waals surface area (Å²) in [7, 11) is -3.57. The fraction of sp³-hybridized carbons (Fsp3) is 0.500. The Bertz CT molecular complexity index is 1310. The van der Waals surface area contributed by atoms with Crippen LogP contribution in [0.4, 0.5) is 0 Å². The number of aliphatic carboxylic acids is 1. The van der Waals surface area contributed by atoms with Gasteiger partial charge in [0.25, 0.3) is 0 Å². The topological polar surface area (TPSA) is 104 Å². The van der Waals surface area contributed by atoms with Crippen LogP contribution in [0.3, 0.4) is 0 Å². The average molecular weight is 582 g/mol. The van der Waals surface area contributed by atoms with Gasteiger partial charge in [0.05, 0.1) is 22.6 Å². The van der Waals surface area contributed by atoms with E-state index in [4.69, 9.17) is 23.2 Å². The molecule has 1 aliphatic carbocycles. The molecule has 7 nitrogen and oxygen atoms in total. The fourth-order valence-corrected chi connectivity index (χ4v) is 7.27. The van der Waals surface area contributed by atoms with Gasteiger partial charge in [0, 0.05) is 28.5 Å². The van der Waals surface area contributed by atoms with Gasteiger partial charge < -0.3 is 10.0 Å². The molecule has 38 heavy (non-hydrogen) atoms. The van der Waals surface area contributed by atoms with E-state index >= 15 is 0 Å². The number of carbonyl (C=O) groups excluding carboxylic acids is 1. The van der Waals surface area contributed by atoms with Crippen LogP contribution in [0, 0.1) is 5.41 Å². The van der Waals surface area contributed by atoms with Crippen molar-refractivity contribution in [1.82, 2.24) is 9.62 Å². The summed E-state index contributed by atoms with van der Waals surface area (Å²) < 4.78 is 27.9. The molecule has 0 aromatic heterocycles. The maximum atomic E-state index is 14.2. The van der Waals surface area contributed by atoms with Crippen LogP contribution in [0.1, 0.15) is 76.0 Å². The highest BCUT2D eigenvalue weighted by Crippen LogP contribution is 2.52. The first kappa shape index (κ1) is 28.9. The van der Waals surface area contributed by atoms with Crippen LogP contribution in [-0.2, 0) is 19.6 Å². The lowest BCUT2D eigenvalue weighted by Crippen LogP contribution is -2.58. The van der Waals surface area contributed by atoms with Crippen molar-refractivity contribution in [1.29, 1.82) is 0 Å². The molecule has 2 N–H and O–H groups in total. The number of amides is 1. The molecule has 1 heterocycles. The molecule has 1 unspecified atom stereocenters. The molecule has 2 aromatic rings. The molecular formula is C28H34Cl2N2O5S. The molecule has 0 radical (unpaired) electrons. The predicted octanol–water partition coefficient (Wildman–Crippen LogP) is 5.78. The third kappa shape index (κ3) is 5.74. The van der Waals surface area contributed by atoms with Crippen molar-refractivity contribution < 1.29 is 23.1 Å². The summed E-state index contributed by atoms with van der Waals surface area (Å²) in [6.07, 6.45) is 1.63. The summed E-state index contributed by atoms with van der Waals surface area (Å²) in [5, 5.41) is 10.8. The second-order valence-corrected chi connectivity index (χ2v) is 14.2. The van der Waals surface area contributed by atoms with Gasteiger partial charge in [-0.25, -0.2) is 13.1 Å². The van der Waals surface area contributed by atoms with Gasteiger partial charge in [-0.2, -0.15) is 0 Å². The lowest BCUT2D eigenvalue weighted by Gasteiger charge is -2.52. The van der Waals surface area contributed by atoms with Crippen LogP contribution in [0.2, 0.25) is 10.0 Å². The van der Waals surface area contributed by atoms with Gasteiger partial charge in [0.15, 0.2) is 0 Å². The van der Waals surface area contributed by atoms with Crippen LogP contribution in [0.5, 0.6) is 0 Å². The number of likely N-dealkylation sites (tertiary alicyclic amines) is 1. The minimum Gasteiger partial charge on any atom is -0.481 e. The van der Waals surface area contributed by atoms with Crippen molar-refractivity contribution in [3.63, 3.8) is 0 Å². The lowest BCUT2D eigenvalue weighted by atomic mass is 9.67. The van der Waals surface area contributed by atoms with Crippen molar-refractivity contribution in [2.24, 2.45) is 5.41 Å². The van der Waals surface area contributed by atoms with Crippen LogP contribution < -0.4 is 4.72 Å². The van der Waals surface area contributed by atoms with Gasteiger partial charge >= 0.3 is 5.97 Å². The number of hydrogen-bond acceptors (Lipinski definition) is 4. The van der Waals surface area contributed by atoms with Crippen LogP contribution in [0.15, 0.2) is 48.5 Å². The molecule has 1 amide bonds. The molecule has 0 spiro atoms. The number of carboxylic acids is 1. The second-order valence-electron chi connectivity index (χ2n) is 11.1. The van der Waals surface area contributed by atoms with E-state index in [9.17, 15) is 23.1 Å². The molecule has 1 saturated heterocycles. The van der Waals surface area contributed by atoms with Crippen molar-refractivity contribution in [3.05, 3.63) is 69.7 Å². The molecule has 1 saturated carbocycles. The summed E-state index contributed by atoms with van der Waals surface area (Å²) in [4.78, 5) is 27.9. The molecule has 4 atom stereocenters. The van der Waals surface area contributed by atoms with Crippen molar-refractivity contribution in [2.45, 2.75) is 75.6 Å². The summed E-state index contributed by atoms with van der Waals surface area (Å²) in [6, 6.07) is 13.7. The van der Waals surface area contributed by atoms with Crippen molar-refractivity contribution >= 4 is 45.1 Å². The number of nitrogens with one attached hydrogen (secondary N) is 1. The van der Waals surface area contributed by atoms with Crippen molar-refractivity contribution in [3.8, 4) is 0 Å². The smallest absolute Gasteiger partial charge is 0.304 e. The average Bonchev–Trinajstić information content (AvgIpc) is 3.61. The zero-order valence-electron chi connectivity index (χ0n) is 21.8. The summed E-state index contributed by atoms with van der Waals surface area (Å²) in [5.41, 5.74) is 0.518. The fourth-order valence-electron chi connectivity index (χ4n) is 5.55. The summed E-state index contributed by atoms with van der Waals surface area (Å²) in [6.45, 7) is 5.35. The van der Waals surface area contributed by atoms with Gasteiger partial charge in [0.1, 0.15) is 0 Å². The first-order valence-corrected chi connectivity index (χ1v) is 15.1. The number of carbonyl (C=O) groups is 2. The zero-order chi connectivity index (χ0) is 27.9. The summed E-state index contributed by atoms with van der Waals surface area (Å²) >= 11 is 12.6. The molecule has 1 aliphatic heterocycles. The number of halogens is 2. The molecule has 2 aliphatic rings. The van der Waals surface area contributed by atoms with Crippen LogP contribution >= 0.6 is 23.2 Å². The first-order chi connectivity index (χ1) is 17.8. The third-order valence-electron chi connectivity index (χ3n) is 8.11. The van der Waals surface area contributed by atoms with Crippen molar-refractivity contribution in [2.75, 3.05) is 6.54 Å². The van der Waals surface area contributed by atoms with Crippen LogP contribution in [-0.4, -0.2) is 47.6 Å². The highest BCUT2D eigenvalue weighted by molar-refractivity contribution is 7.91. The first-order valence-electron chi connectivity index (χ1n) is 12.8. The van der Waals surface area contributed by atoms with E-state index in [1.54, 1.807) is 36.9 Å². The molecule has 206 valence electrons. The van der Waals surface area contributed by atoms with Gasteiger partial charge in [0.2, 0.25) is 15.9 Å². The number of benzene rings is 2.